The van der Waals surface area contributed by atoms with Gasteiger partial charge in [-0.3, -0.25) is 4.90 Å². The van der Waals surface area contributed by atoms with Crippen molar-refractivity contribution in [2.24, 2.45) is 0 Å². The van der Waals surface area contributed by atoms with Gasteiger partial charge in [0.05, 0.1) is 0 Å². The lowest BCUT2D eigenvalue weighted by molar-refractivity contribution is 0.179. The lowest BCUT2D eigenvalue weighted by Crippen LogP contribution is -2.40. The quantitative estimate of drug-likeness (QED) is 0.788. The molecule has 92 valence electrons. The number of likely N-dealkylation sites (N-methyl/N-ethyl adjacent to an activating group) is 2. The average Bonchev–Trinajstić information content (AvgIpc) is 2.82. The minimum Gasteiger partial charge on any atom is -0.315 e. The Bertz CT molecular complexity index is 271. The zero-order valence-corrected chi connectivity index (χ0v) is 11.7. The van der Waals surface area contributed by atoms with E-state index < -0.39 is 0 Å². The van der Waals surface area contributed by atoms with Gasteiger partial charge in [-0.25, -0.2) is 0 Å². The van der Waals surface area contributed by atoms with Gasteiger partial charge in [0.2, 0.25) is 0 Å². The predicted octanol–water partition coefficient (Wildman–Crippen LogP) is 3.13. The summed E-state index contributed by atoms with van der Waals surface area (Å²) >= 11 is 1.85. The standard InChI is InChI=1S/C13H24N2S/c1-5-12(10-14-6-2)15(4)11(3)13-8-7-9-16-13/h7-9,11-12,14H,5-6,10H2,1-4H3. The molecule has 2 unspecified atom stereocenters. The summed E-state index contributed by atoms with van der Waals surface area (Å²) in [6.07, 6.45) is 1.19. The van der Waals surface area contributed by atoms with Crippen LogP contribution >= 0.6 is 11.3 Å². The Morgan fingerprint density at radius 2 is 2.19 bits per heavy atom. The van der Waals surface area contributed by atoms with E-state index >= 15 is 0 Å². The highest BCUT2D eigenvalue weighted by Crippen LogP contribution is 2.25. The topological polar surface area (TPSA) is 15.3 Å². The molecule has 0 radical (unpaired) electrons. The van der Waals surface area contributed by atoms with Crippen molar-refractivity contribution in [3.63, 3.8) is 0 Å². The molecule has 0 spiro atoms. The fourth-order valence-electron chi connectivity index (χ4n) is 1.93. The van der Waals surface area contributed by atoms with E-state index in [4.69, 9.17) is 0 Å². The monoisotopic (exact) mass is 240 g/mol. The van der Waals surface area contributed by atoms with Crippen LogP contribution in [0.2, 0.25) is 0 Å². The van der Waals surface area contributed by atoms with Gasteiger partial charge in [-0.2, -0.15) is 0 Å². The van der Waals surface area contributed by atoms with Crippen molar-refractivity contribution < 1.29 is 0 Å². The molecule has 1 rings (SSSR count). The van der Waals surface area contributed by atoms with Crippen molar-refractivity contribution in [3.05, 3.63) is 22.4 Å². The molecule has 1 heterocycles. The van der Waals surface area contributed by atoms with E-state index in [1.54, 1.807) is 0 Å². The first-order valence-corrected chi connectivity index (χ1v) is 7.04. The predicted molar refractivity (Wildman–Crippen MR) is 73.1 cm³/mol. The Balaban J connectivity index is 2.56. The summed E-state index contributed by atoms with van der Waals surface area (Å²) in [6, 6.07) is 5.50. The van der Waals surface area contributed by atoms with Gasteiger partial charge in [0.1, 0.15) is 0 Å². The Hall–Kier alpha value is -0.380. The summed E-state index contributed by atoms with van der Waals surface area (Å²) < 4.78 is 0. The molecule has 0 bridgehead atoms. The van der Waals surface area contributed by atoms with Crippen molar-refractivity contribution in [3.8, 4) is 0 Å². The second-order valence-corrected chi connectivity index (χ2v) is 5.21. The number of hydrogen-bond donors (Lipinski definition) is 1. The SMILES string of the molecule is CCNCC(CC)N(C)C(C)c1cccs1. The van der Waals surface area contributed by atoms with Crippen LogP contribution in [0.15, 0.2) is 17.5 Å². The van der Waals surface area contributed by atoms with E-state index in [1.165, 1.54) is 11.3 Å². The summed E-state index contributed by atoms with van der Waals surface area (Å²) in [6.45, 7) is 8.85. The summed E-state index contributed by atoms with van der Waals surface area (Å²) in [4.78, 5) is 3.94. The van der Waals surface area contributed by atoms with Crippen LogP contribution in [0.3, 0.4) is 0 Å². The number of thiophene rings is 1. The third-order valence-corrected chi connectivity index (χ3v) is 4.29. The van der Waals surface area contributed by atoms with Crippen LogP contribution in [-0.2, 0) is 0 Å². The van der Waals surface area contributed by atoms with Gasteiger partial charge < -0.3 is 5.32 Å². The Morgan fingerprint density at radius 1 is 1.44 bits per heavy atom. The van der Waals surface area contributed by atoms with E-state index in [-0.39, 0.29) is 0 Å². The average molecular weight is 240 g/mol. The van der Waals surface area contributed by atoms with Crippen molar-refractivity contribution >= 4 is 11.3 Å². The molecular weight excluding hydrogens is 216 g/mol. The van der Waals surface area contributed by atoms with Gasteiger partial charge >= 0.3 is 0 Å². The first-order valence-electron chi connectivity index (χ1n) is 6.16. The van der Waals surface area contributed by atoms with Crippen LogP contribution in [0.5, 0.6) is 0 Å². The summed E-state index contributed by atoms with van der Waals surface area (Å²) in [7, 11) is 2.23. The van der Waals surface area contributed by atoms with Crippen molar-refractivity contribution in [2.75, 3.05) is 20.1 Å². The summed E-state index contributed by atoms with van der Waals surface area (Å²) in [5.74, 6) is 0. The van der Waals surface area contributed by atoms with Crippen LogP contribution in [0.4, 0.5) is 0 Å². The molecule has 1 aromatic rings. The molecule has 3 heteroatoms. The van der Waals surface area contributed by atoms with Gasteiger partial charge in [0, 0.05) is 23.5 Å². The minimum absolute atomic E-state index is 0.517. The van der Waals surface area contributed by atoms with E-state index in [0.29, 0.717) is 12.1 Å². The highest BCUT2D eigenvalue weighted by Gasteiger charge is 2.19. The normalized spacial score (nSPS) is 15.3. The molecule has 2 atom stereocenters. The third kappa shape index (κ3) is 3.58. The molecule has 0 saturated carbocycles. The second kappa shape index (κ2) is 7.05. The first-order chi connectivity index (χ1) is 7.70. The van der Waals surface area contributed by atoms with Gasteiger partial charge in [-0.05, 0) is 38.4 Å². The smallest absolute Gasteiger partial charge is 0.0413 e. The highest BCUT2D eigenvalue weighted by molar-refractivity contribution is 7.10. The first kappa shape index (κ1) is 13.7. The number of hydrogen-bond acceptors (Lipinski definition) is 3. The van der Waals surface area contributed by atoms with E-state index in [0.717, 1.165) is 13.1 Å². The number of nitrogens with one attached hydrogen (secondary N) is 1. The van der Waals surface area contributed by atoms with Gasteiger partial charge in [-0.1, -0.05) is 19.9 Å². The molecular formula is C13H24N2S. The van der Waals surface area contributed by atoms with Crippen LogP contribution in [0, 0.1) is 0 Å². The molecule has 0 aliphatic heterocycles. The molecule has 2 nitrogen and oxygen atoms in total. The molecule has 1 N–H and O–H groups in total. The van der Waals surface area contributed by atoms with Crippen LogP contribution in [-0.4, -0.2) is 31.1 Å². The molecule has 16 heavy (non-hydrogen) atoms. The lowest BCUT2D eigenvalue weighted by atomic mass is 10.1. The molecule has 0 fully saturated rings. The van der Waals surface area contributed by atoms with Crippen LogP contribution in [0.25, 0.3) is 0 Å². The van der Waals surface area contributed by atoms with Crippen molar-refractivity contribution in [2.45, 2.75) is 39.3 Å². The largest absolute Gasteiger partial charge is 0.315 e. The molecule has 1 aromatic heterocycles. The van der Waals surface area contributed by atoms with Gasteiger partial charge in [0.25, 0.3) is 0 Å². The van der Waals surface area contributed by atoms with E-state index in [1.807, 2.05) is 11.3 Å². The minimum atomic E-state index is 0.517. The maximum Gasteiger partial charge on any atom is 0.0413 e. The van der Waals surface area contributed by atoms with E-state index in [9.17, 15) is 0 Å². The molecule has 0 aliphatic carbocycles. The Morgan fingerprint density at radius 3 is 2.69 bits per heavy atom. The van der Waals surface area contributed by atoms with E-state index in [2.05, 4.69) is 55.5 Å². The van der Waals surface area contributed by atoms with Crippen LogP contribution in [0.1, 0.15) is 38.1 Å². The zero-order valence-electron chi connectivity index (χ0n) is 10.9. The fourth-order valence-corrected chi connectivity index (χ4v) is 2.77. The highest BCUT2D eigenvalue weighted by atomic mass is 32.1. The van der Waals surface area contributed by atoms with Crippen molar-refractivity contribution in [1.82, 2.24) is 10.2 Å². The lowest BCUT2D eigenvalue weighted by Gasteiger charge is -2.32. The maximum atomic E-state index is 3.44. The Labute approximate surface area is 104 Å². The van der Waals surface area contributed by atoms with Crippen LogP contribution < -0.4 is 5.32 Å². The summed E-state index contributed by atoms with van der Waals surface area (Å²) in [5, 5.41) is 5.60. The number of rotatable bonds is 7. The van der Waals surface area contributed by atoms with Crippen molar-refractivity contribution in [1.29, 1.82) is 0 Å². The maximum absolute atomic E-state index is 3.44. The van der Waals surface area contributed by atoms with Gasteiger partial charge in [-0.15, -0.1) is 11.3 Å². The number of nitrogens with zero attached hydrogens (tertiary/aromatic N) is 1. The van der Waals surface area contributed by atoms with Gasteiger partial charge in [0.15, 0.2) is 0 Å². The molecule has 0 aromatic carbocycles. The second-order valence-electron chi connectivity index (χ2n) is 4.23. The molecule has 0 amide bonds. The molecule has 0 aliphatic rings. The zero-order chi connectivity index (χ0) is 12.0. The fraction of sp³-hybridized carbons (Fsp3) is 0.692. The third-order valence-electron chi connectivity index (χ3n) is 3.24. The molecule has 0 saturated heterocycles. The Kier molecular flexibility index (Phi) is 6.03. The summed E-state index contributed by atoms with van der Waals surface area (Å²) in [5.41, 5.74) is 0.